The minimum Gasteiger partial charge on any atom is -0.445 e. The molecule has 0 rings (SSSR count). The van der Waals surface area contributed by atoms with Crippen LogP contribution in [0.25, 0.3) is 0 Å². The molecule has 0 aliphatic rings. The van der Waals surface area contributed by atoms with Crippen molar-refractivity contribution in [3.05, 3.63) is 0 Å². The van der Waals surface area contributed by atoms with E-state index in [9.17, 15) is 4.79 Å². The van der Waals surface area contributed by atoms with Crippen LogP contribution in [0.5, 0.6) is 0 Å². The van der Waals surface area contributed by atoms with E-state index in [2.05, 4.69) is 19.6 Å². The molecule has 0 aromatic heterocycles. The zero-order valence-electron chi connectivity index (χ0n) is 8.39. The molecule has 0 aromatic carbocycles. The van der Waals surface area contributed by atoms with Crippen molar-refractivity contribution >= 4 is 24.7 Å². The number of rotatable bonds is 6. The Bertz CT molecular complexity index is 136. The van der Waals surface area contributed by atoms with Gasteiger partial charge in [-0.25, -0.2) is 0 Å². The summed E-state index contributed by atoms with van der Waals surface area (Å²) in [4.78, 5) is 10.4. The zero-order valence-corrected chi connectivity index (χ0v) is 10.8. The van der Waals surface area contributed by atoms with Gasteiger partial charge < -0.3 is 8.68 Å². The van der Waals surface area contributed by atoms with Gasteiger partial charge in [0.05, 0.1) is 0 Å². The first-order valence-corrected chi connectivity index (χ1v) is 8.88. The van der Waals surface area contributed by atoms with Crippen LogP contribution in [-0.4, -0.2) is 35.8 Å². The van der Waals surface area contributed by atoms with Gasteiger partial charge >= 0.3 is 6.41 Å². The third kappa shape index (κ3) is 6.57. The predicted molar refractivity (Wildman–Crippen MR) is 55.7 cm³/mol. The van der Waals surface area contributed by atoms with Crippen LogP contribution in [0.1, 0.15) is 13.3 Å². The Morgan fingerprint density at radius 2 is 2.08 bits per heavy atom. The van der Waals surface area contributed by atoms with Gasteiger partial charge in [-0.1, -0.05) is 6.92 Å². The van der Waals surface area contributed by atoms with Crippen LogP contribution in [0.15, 0.2) is 0 Å². The summed E-state index contributed by atoms with van der Waals surface area (Å²) >= 11 is 0. The molecule has 1 amide bonds. The molecule has 0 N–H and O–H groups in total. The lowest BCUT2D eigenvalue weighted by Gasteiger charge is -2.22. The van der Waals surface area contributed by atoms with Crippen molar-refractivity contribution in [1.29, 1.82) is 0 Å². The highest BCUT2D eigenvalue weighted by molar-refractivity contribution is 6.73. The molecule has 1 radical (unpaired) electrons. The monoisotopic (exact) mass is 204 g/mol. The van der Waals surface area contributed by atoms with Crippen LogP contribution >= 0.6 is 0 Å². The molecule has 3 nitrogen and oxygen atoms in total. The van der Waals surface area contributed by atoms with E-state index in [-0.39, 0.29) is 0 Å². The highest BCUT2D eigenvalue weighted by atomic mass is 28.4. The molecule has 0 bridgehead atoms. The standard InChI is InChI=1S/C7H18NO2Si2/c1-5-6-8(7-9)11-10-12(2,3)4/h5-6,11H2,1-4H3. The second-order valence-electron chi connectivity index (χ2n) is 3.74. The fourth-order valence-corrected chi connectivity index (χ4v) is 3.35. The summed E-state index contributed by atoms with van der Waals surface area (Å²) in [6.07, 6.45) is 2.90. The average Bonchev–Trinajstić information content (AvgIpc) is 1.96. The van der Waals surface area contributed by atoms with Crippen LogP contribution in [-0.2, 0) is 8.91 Å². The maximum Gasteiger partial charge on any atom is 0.304 e. The molecule has 0 spiro atoms. The quantitative estimate of drug-likeness (QED) is 0.469. The molecule has 0 saturated carbocycles. The van der Waals surface area contributed by atoms with Crippen LogP contribution in [0.2, 0.25) is 19.6 Å². The predicted octanol–water partition coefficient (Wildman–Crippen LogP) is 0.616. The summed E-state index contributed by atoms with van der Waals surface area (Å²) in [5.41, 5.74) is 0. The van der Waals surface area contributed by atoms with Gasteiger partial charge in [0.15, 0.2) is 8.32 Å². The Labute approximate surface area is 78.2 Å². The normalized spacial score (nSPS) is 12.3. The molecule has 0 heterocycles. The Morgan fingerprint density at radius 3 is 2.42 bits per heavy atom. The highest BCUT2D eigenvalue weighted by Gasteiger charge is 2.15. The molecular formula is C7H18NO2Si2. The van der Waals surface area contributed by atoms with Gasteiger partial charge in [0.2, 0.25) is 0 Å². The maximum absolute atomic E-state index is 10.4. The van der Waals surface area contributed by atoms with E-state index in [4.69, 9.17) is 4.12 Å². The fraction of sp³-hybridized carbons (Fsp3) is 0.857. The van der Waals surface area contributed by atoms with Crippen LogP contribution in [0, 0.1) is 0 Å². The lowest BCUT2D eigenvalue weighted by Crippen LogP contribution is -2.37. The van der Waals surface area contributed by atoms with E-state index in [0.717, 1.165) is 13.0 Å². The maximum atomic E-state index is 10.4. The van der Waals surface area contributed by atoms with E-state index in [0.29, 0.717) is 0 Å². The fourth-order valence-electron chi connectivity index (χ4n) is 0.678. The summed E-state index contributed by atoms with van der Waals surface area (Å²) < 4.78 is 7.35. The third-order valence-corrected chi connectivity index (χ3v) is 6.01. The molecule has 0 aromatic rings. The Hall–Kier alpha value is -0.136. The SMILES string of the molecule is CCCN([C]=O)[SiH2]O[Si](C)(C)C. The molecule has 0 saturated heterocycles. The summed E-state index contributed by atoms with van der Waals surface area (Å²) in [7, 11) is -2.24. The highest BCUT2D eigenvalue weighted by Crippen LogP contribution is 2.01. The summed E-state index contributed by atoms with van der Waals surface area (Å²) in [5, 5.41) is 0. The average molecular weight is 204 g/mol. The molecule has 71 valence electrons. The third-order valence-electron chi connectivity index (χ3n) is 1.28. The molecule has 5 heteroatoms. The van der Waals surface area contributed by atoms with E-state index >= 15 is 0 Å². The summed E-state index contributed by atoms with van der Waals surface area (Å²) in [6, 6.07) is 0. The van der Waals surface area contributed by atoms with Gasteiger partial charge in [-0.2, -0.15) is 0 Å². The van der Waals surface area contributed by atoms with Crippen molar-refractivity contribution in [3.8, 4) is 0 Å². The smallest absolute Gasteiger partial charge is 0.304 e. The van der Waals surface area contributed by atoms with Crippen molar-refractivity contribution in [2.45, 2.75) is 33.0 Å². The summed E-state index contributed by atoms with van der Waals surface area (Å²) in [6.45, 7) is 9.24. The van der Waals surface area contributed by atoms with E-state index in [1.54, 1.807) is 4.57 Å². The van der Waals surface area contributed by atoms with E-state index < -0.39 is 18.2 Å². The first-order chi connectivity index (χ1) is 5.49. The number of amides is 1. The van der Waals surface area contributed by atoms with Gasteiger partial charge in [-0.3, -0.25) is 4.79 Å². The van der Waals surface area contributed by atoms with Crippen molar-refractivity contribution in [1.82, 2.24) is 4.57 Å². The van der Waals surface area contributed by atoms with Gasteiger partial charge in [-0.15, -0.1) is 0 Å². The van der Waals surface area contributed by atoms with Crippen LogP contribution in [0.3, 0.4) is 0 Å². The number of carbonyl (C=O) groups excluding carboxylic acids is 1. The van der Waals surface area contributed by atoms with E-state index in [1.807, 2.05) is 13.3 Å². The first kappa shape index (κ1) is 11.9. The molecule has 0 aliphatic heterocycles. The van der Waals surface area contributed by atoms with Gasteiger partial charge in [-0.05, 0) is 26.1 Å². The largest absolute Gasteiger partial charge is 0.445 e. The molecule has 12 heavy (non-hydrogen) atoms. The molecule has 0 atom stereocenters. The molecule has 0 unspecified atom stereocenters. The first-order valence-electron chi connectivity index (χ1n) is 4.26. The number of nitrogens with zero attached hydrogens (tertiary/aromatic N) is 1. The number of hydrogen-bond acceptors (Lipinski definition) is 2. The van der Waals surface area contributed by atoms with Crippen molar-refractivity contribution in [2.75, 3.05) is 6.54 Å². The van der Waals surface area contributed by atoms with Crippen molar-refractivity contribution in [3.63, 3.8) is 0 Å². The van der Waals surface area contributed by atoms with Crippen LogP contribution < -0.4 is 0 Å². The Morgan fingerprint density at radius 1 is 1.50 bits per heavy atom. The van der Waals surface area contributed by atoms with Crippen molar-refractivity contribution in [2.24, 2.45) is 0 Å². The summed E-state index contributed by atoms with van der Waals surface area (Å²) in [5.74, 6) is 0. The van der Waals surface area contributed by atoms with Gasteiger partial charge in [0.25, 0.3) is 9.92 Å². The molecule has 0 fully saturated rings. The topological polar surface area (TPSA) is 29.5 Å². The zero-order chi connectivity index (χ0) is 9.61. The van der Waals surface area contributed by atoms with E-state index in [1.165, 1.54) is 0 Å². The minimum absolute atomic E-state index is 0.792. The van der Waals surface area contributed by atoms with Gasteiger partial charge in [0, 0.05) is 6.54 Å². The molecule has 0 aliphatic carbocycles. The Balaban J connectivity index is 3.65. The van der Waals surface area contributed by atoms with Gasteiger partial charge in [0.1, 0.15) is 0 Å². The Kier molecular flexibility index (Phi) is 5.44. The second kappa shape index (κ2) is 5.50. The lowest BCUT2D eigenvalue weighted by atomic mass is 10.5. The van der Waals surface area contributed by atoms with Crippen LogP contribution in [0.4, 0.5) is 0 Å². The van der Waals surface area contributed by atoms with Crippen molar-refractivity contribution < 1.29 is 8.91 Å². The minimum atomic E-state index is -1.42. The lowest BCUT2D eigenvalue weighted by molar-refractivity contribution is 0.453. The second-order valence-corrected chi connectivity index (χ2v) is 10.1. The molecular weight excluding hydrogens is 186 g/mol. The number of hydrogen-bond donors (Lipinski definition) is 0.